The molecule has 0 atom stereocenters. The zero-order chi connectivity index (χ0) is 11.4. The third-order valence-corrected chi connectivity index (χ3v) is 3.86. The van der Waals surface area contributed by atoms with Crippen LogP contribution < -0.4 is 4.74 Å². The highest BCUT2D eigenvalue weighted by atomic mass is 127. The van der Waals surface area contributed by atoms with Crippen LogP contribution in [0.25, 0.3) is 0 Å². The van der Waals surface area contributed by atoms with E-state index in [1.54, 1.807) is 0 Å². The molecule has 6 heteroatoms. The van der Waals surface area contributed by atoms with Crippen LogP contribution in [-0.2, 0) is 6.61 Å². The molecule has 0 saturated carbocycles. The van der Waals surface area contributed by atoms with Gasteiger partial charge in [-0.2, -0.15) is 9.36 Å². The fourth-order valence-electron chi connectivity index (χ4n) is 1.06. The lowest BCUT2D eigenvalue weighted by Gasteiger charge is -2.01. The van der Waals surface area contributed by atoms with Gasteiger partial charge in [0.05, 0.1) is 0 Å². The quantitative estimate of drug-likeness (QED) is 0.615. The second-order valence-corrected chi connectivity index (χ2v) is 5.70. The number of hydrogen-bond donors (Lipinski definition) is 0. The maximum Gasteiger partial charge on any atom is 0.294 e. The lowest BCUT2D eigenvalue weighted by molar-refractivity contribution is 0.303. The van der Waals surface area contributed by atoms with Gasteiger partial charge in [-0.1, -0.05) is 23.9 Å². The van der Waals surface area contributed by atoms with E-state index < -0.39 is 0 Å². The van der Waals surface area contributed by atoms with E-state index in [2.05, 4.69) is 56.2 Å². The van der Waals surface area contributed by atoms with E-state index in [1.165, 1.54) is 26.9 Å². The van der Waals surface area contributed by atoms with Crippen LogP contribution in [0, 0.1) is 3.57 Å². The Hall–Kier alpha value is -0.340. The zero-order valence-corrected chi connectivity index (χ0v) is 12.3. The summed E-state index contributed by atoms with van der Waals surface area (Å²) in [5.41, 5.74) is 1.14. The molecule has 0 unspecified atom stereocenters. The van der Waals surface area contributed by atoms with Crippen molar-refractivity contribution in [1.29, 1.82) is 0 Å². The van der Waals surface area contributed by atoms with E-state index in [-0.39, 0.29) is 0 Å². The van der Waals surface area contributed by atoms with Crippen LogP contribution in [0.4, 0.5) is 0 Å². The smallest absolute Gasteiger partial charge is 0.294 e. The monoisotopic (exact) mass is 364 g/mol. The van der Waals surface area contributed by atoms with Crippen LogP contribution in [0.1, 0.15) is 5.56 Å². The van der Waals surface area contributed by atoms with Crippen LogP contribution in [0.3, 0.4) is 0 Å². The van der Waals surface area contributed by atoms with Gasteiger partial charge in [0.15, 0.2) is 0 Å². The number of nitrogens with zero attached hydrogens (tertiary/aromatic N) is 2. The summed E-state index contributed by atoms with van der Waals surface area (Å²) in [5.74, 6) is 0. The summed E-state index contributed by atoms with van der Waals surface area (Å²) in [4.78, 5) is 4.21. The molecule has 2 aromatic rings. The first kappa shape index (κ1) is 12.1. The Kier molecular flexibility index (Phi) is 4.42. The molecule has 0 aliphatic heterocycles. The minimum absolute atomic E-state index is 0.542. The molecule has 84 valence electrons. The Balaban J connectivity index is 1.94. The Bertz CT molecular complexity index is 458. The summed E-state index contributed by atoms with van der Waals surface area (Å²) in [7, 11) is 0. The summed E-state index contributed by atoms with van der Waals surface area (Å²) >= 11 is 5.09. The Morgan fingerprint density at radius 3 is 2.75 bits per heavy atom. The molecular formula is C10H9IN2OS2. The predicted octanol–water partition coefficient (Wildman–Crippen LogP) is 3.44. The van der Waals surface area contributed by atoms with Gasteiger partial charge < -0.3 is 4.74 Å². The number of halogens is 1. The molecule has 0 amide bonds. The van der Waals surface area contributed by atoms with E-state index in [0.717, 1.165) is 10.7 Å². The van der Waals surface area contributed by atoms with Crippen molar-refractivity contribution in [1.82, 2.24) is 9.36 Å². The van der Waals surface area contributed by atoms with Gasteiger partial charge in [0, 0.05) is 15.1 Å². The molecule has 1 aromatic heterocycles. The number of aromatic nitrogens is 2. The van der Waals surface area contributed by atoms with Crippen molar-refractivity contribution in [3.05, 3.63) is 33.4 Å². The summed E-state index contributed by atoms with van der Waals surface area (Å²) in [6.07, 6.45) is 1.95. The largest absolute Gasteiger partial charge is 0.464 e. The summed E-state index contributed by atoms with van der Waals surface area (Å²) in [6.45, 7) is 0.542. The first-order valence-corrected chi connectivity index (χ1v) is 7.60. The number of benzene rings is 1. The average Bonchev–Trinajstić information content (AvgIpc) is 2.76. The predicted molar refractivity (Wildman–Crippen MR) is 75.2 cm³/mol. The van der Waals surface area contributed by atoms with Crippen LogP contribution in [-0.4, -0.2) is 15.6 Å². The second-order valence-electron chi connectivity index (χ2n) is 2.96. The normalized spacial score (nSPS) is 10.4. The number of rotatable bonds is 4. The van der Waals surface area contributed by atoms with Gasteiger partial charge in [0.1, 0.15) is 6.61 Å². The fraction of sp³-hybridized carbons (Fsp3) is 0.200. The molecule has 0 saturated heterocycles. The van der Waals surface area contributed by atoms with Crippen molar-refractivity contribution in [2.45, 2.75) is 11.8 Å². The van der Waals surface area contributed by atoms with Crippen molar-refractivity contribution in [3.8, 4) is 5.19 Å². The van der Waals surface area contributed by atoms with Gasteiger partial charge in [0.25, 0.3) is 5.19 Å². The molecule has 2 rings (SSSR count). The number of hydrogen-bond acceptors (Lipinski definition) is 5. The van der Waals surface area contributed by atoms with Crippen LogP contribution in [0.5, 0.6) is 5.19 Å². The molecule has 0 fully saturated rings. The summed E-state index contributed by atoms with van der Waals surface area (Å²) < 4.78 is 10.9. The molecular weight excluding hydrogens is 355 g/mol. The summed E-state index contributed by atoms with van der Waals surface area (Å²) in [6, 6.07) is 8.23. The van der Waals surface area contributed by atoms with Crippen LogP contribution in [0.2, 0.25) is 0 Å². The minimum Gasteiger partial charge on any atom is -0.464 e. The maximum atomic E-state index is 5.54. The van der Waals surface area contributed by atoms with E-state index in [0.29, 0.717) is 11.8 Å². The molecule has 3 nitrogen and oxygen atoms in total. The molecule has 0 spiro atoms. The van der Waals surface area contributed by atoms with Crippen molar-refractivity contribution >= 4 is 45.9 Å². The Labute approximate surface area is 116 Å². The van der Waals surface area contributed by atoms with Crippen molar-refractivity contribution in [3.63, 3.8) is 0 Å². The van der Waals surface area contributed by atoms with Gasteiger partial charge in [-0.15, -0.1) is 0 Å². The number of ether oxygens (including phenoxy) is 1. The molecule has 1 aromatic carbocycles. The zero-order valence-electron chi connectivity index (χ0n) is 8.51. The summed E-state index contributed by atoms with van der Waals surface area (Å²) in [5, 5.41) is 1.39. The average molecular weight is 364 g/mol. The lowest BCUT2D eigenvalue weighted by Crippen LogP contribution is -1.94. The third-order valence-electron chi connectivity index (χ3n) is 1.85. The van der Waals surface area contributed by atoms with E-state index in [4.69, 9.17) is 4.74 Å². The first-order valence-electron chi connectivity index (χ1n) is 4.53. The Morgan fingerprint density at radius 1 is 1.38 bits per heavy atom. The topological polar surface area (TPSA) is 35.0 Å². The first-order chi connectivity index (χ1) is 7.78. The van der Waals surface area contributed by atoms with E-state index >= 15 is 0 Å². The minimum atomic E-state index is 0.542. The molecule has 0 radical (unpaired) electrons. The molecule has 0 N–H and O–H groups in total. The van der Waals surface area contributed by atoms with E-state index in [9.17, 15) is 0 Å². The lowest BCUT2D eigenvalue weighted by atomic mass is 10.2. The fourth-order valence-corrected chi connectivity index (χ4v) is 2.50. The van der Waals surface area contributed by atoms with Crippen molar-refractivity contribution < 1.29 is 4.74 Å². The van der Waals surface area contributed by atoms with Crippen molar-refractivity contribution in [2.75, 3.05) is 6.26 Å². The highest BCUT2D eigenvalue weighted by Gasteiger charge is 2.03. The van der Waals surface area contributed by atoms with E-state index in [1.807, 2.05) is 6.26 Å². The standard InChI is InChI=1S/C10H9IN2OS2/c1-15-9-12-10(16-13-9)14-6-7-2-4-8(11)5-3-7/h2-5H,6H2,1H3. The van der Waals surface area contributed by atoms with Gasteiger partial charge >= 0.3 is 0 Å². The number of thioether (sulfide) groups is 1. The molecule has 0 bridgehead atoms. The van der Waals surface area contributed by atoms with Crippen LogP contribution >= 0.6 is 45.9 Å². The third kappa shape index (κ3) is 3.33. The van der Waals surface area contributed by atoms with Gasteiger partial charge in [-0.3, -0.25) is 0 Å². The highest BCUT2D eigenvalue weighted by Crippen LogP contribution is 2.20. The molecule has 0 aliphatic rings. The van der Waals surface area contributed by atoms with Crippen LogP contribution in [0.15, 0.2) is 29.4 Å². The SMILES string of the molecule is CSc1nsc(OCc2ccc(I)cc2)n1. The molecule has 1 heterocycles. The Morgan fingerprint density at radius 2 is 2.12 bits per heavy atom. The van der Waals surface area contributed by atoms with Gasteiger partial charge in [-0.25, -0.2) is 0 Å². The molecule has 0 aliphatic carbocycles. The van der Waals surface area contributed by atoms with Gasteiger partial charge in [-0.05, 0) is 46.5 Å². The molecule has 16 heavy (non-hydrogen) atoms. The second kappa shape index (κ2) is 5.83. The maximum absolute atomic E-state index is 5.54. The van der Waals surface area contributed by atoms with Crippen molar-refractivity contribution in [2.24, 2.45) is 0 Å². The van der Waals surface area contributed by atoms with Gasteiger partial charge in [0.2, 0.25) is 5.16 Å². The highest BCUT2D eigenvalue weighted by molar-refractivity contribution is 14.1.